The number of nitrogens with one attached hydrogen (secondary N) is 3. The predicted molar refractivity (Wildman–Crippen MR) is 97.3 cm³/mol. The number of carbonyl (C=O) groups excluding carboxylic acids is 3. The Morgan fingerprint density at radius 1 is 1.07 bits per heavy atom. The second-order valence-electron chi connectivity index (χ2n) is 6.22. The second kappa shape index (κ2) is 8.21. The smallest absolute Gasteiger partial charge is 0.406 e. The molecule has 0 aliphatic carbocycles. The number of carbonyl (C=O) groups is 3. The third kappa shape index (κ3) is 5.47. The Labute approximate surface area is 163 Å². The molecule has 10 heteroatoms. The first-order valence-electron chi connectivity index (χ1n) is 8.58. The molecule has 1 heterocycles. The molecule has 0 bridgehead atoms. The van der Waals surface area contributed by atoms with Gasteiger partial charge in [0.15, 0.2) is 0 Å². The minimum atomic E-state index is -4.80. The molecular weight excluding hydrogens is 391 g/mol. The van der Waals surface area contributed by atoms with Crippen molar-refractivity contribution >= 4 is 29.1 Å². The molecule has 3 amide bonds. The second-order valence-corrected chi connectivity index (χ2v) is 6.22. The molecule has 0 aromatic heterocycles. The highest BCUT2D eigenvalue weighted by Crippen LogP contribution is 2.24. The number of para-hydroxylation sites is 1. The molecule has 0 unspecified atom stereocenters. The van der Waals surface area contributed by atoms with Crippen LogP contribution in [0.2, 0.25) is 0 Å². The zero-order valence-electron chi connectivity index (χ0n) is 14.9. The van der Waals surface area contributed by atoms with E-state index < -0.39 is 35.9 Å². The normalized spacial score (nSPS) is 16.2. The first-order chi connectivity index (χ1) is 13.7. The van der Waals surface area contributed by atoms with Crippen molar-refractivity contribution in [1.82, 2.24) is 5.32 Å². The number of hydrogen-bond donors (Lipinski definition) is 3. The van der Waals surface area contributed by atoms with Gasteiger partial charge in [-0.3, -0.25) is 14.4 Å². The van der Waals surface area contributed by atoms with Gasteiger partial charge in [0.25, 0.3) is 5.91 Å². The van der Waals surface area contributed by atoms with E-state index in [1.54, 1.807) is 24.3 Å². The highest BCUT2D eigenvalue weighted by Gasteiger charge is 2.31. The fraction of sp³-hybridized carbons (Fsp3) is 0.211. The number of benzene rings is 2. The van der Waals surface area contributed by atoms with Crippen LogP contribution in [0.4, 0.5) is 24.5 Å². The van der Waals surface area contributed by atoms with E-state index in [0.29, 0.717) is 11.3 Å². The van der Waals surface area contributed by atoms with Gasteiger partial charge >= 0.3 is 6.36 Å². The Bertz CT molecular complexity index is 929. The highest BCUT2D eigenvalue weighted by molar-refractivity contribution is 6.09. The Hall–Kier alpha value is -3.56. The molecule has 3 N–H and O–H groups in total. The lowest BCUT2D eigenvalue weighted by atomic mass is 10.1. The number of amides is 3. The van der Waals surface area contributed by atoms with E-state index in [0.717, 1.165) is 12.1 Å². The molecule has 1 aliphatic rings. The molecule has 3 rings (SSSR count). The minimum Gasteiger partial charge on any atom is -0.406 e. The summed E-state index contributed by atoms with van der Waals surface area (Å²) in [4.78, 5) is 36.6. The van der Waals surface area contributed by atoms with Gasteiger partial charge in [0.2, 0.25) is 11.8 Å². The molecular formula is C19H16F3N3O4. The van der Waals surface area contributed by atoms with Crippen LogP contribution in [0.25, 0.3) is 0 Å². The van der Waals surface area contributed by atoms with Crippen LogP contribution in [0.15, 0.2) is 48.5 Å². The number of ether oxygens (including phenoxy) is 1. The van der Waals surface area contributed by atoms with Gasteiger partial charge in [-0.05, 0) is 42.8 Å². The summed E-state index contributed by atoms with van der Waals surface area (Å²) in [7, 11) is 0. The summed E-state index contributed by atoms with van der Waals surface area (Å²) in [5.74, 6) is -1.74. The van der Waals surface area contributed by atoms with E-state index in [-0.39, 0.29) is 18.5 Å². The number of fused-ring (bicyclic) bond motifs is 1. The van der Waals surface area contributed by atoms with E-state index in [9.17, 15) is 27.6 Å². The lowest BCUT2D eigenvalue weighted by Crippen LogP contribution is -2.41. The van der Waals surface area contributed by atoms with Crippen LogP contribution in [-0.4, -0.2) is 30.1 Å². The van der Waals surface area contributed by atoms with Gasteiger partial charge in [-0.2, -0.15) is 0 Å². The molecule has 2 aromatic rings. The molecule has 29 heavy (non-hydrogen) atoms. The summed E-state index contributed by atoms with van der Waals surface area (Å²) in [5, 5.41) is 7.73. The van der Waals surface area contributed by atoms with E-state index in [2.05, 4.69) is 20.7 Å². The maximum atomic E-state index is 12.3. The van der Waals surface area contributed by atoms with Crippen LogP contribution in [0.3, 0.4) is 0 Å². The Morgan fingerprint density at radius 2 is 1.76 bits per heavy atom. The van der Waals surface area contributed by atoms with Gasteiger partial charge in [-0.1, -0.05) is 12.1 Å². The third-order valence-electron chi connectivity index (χ3n) is 4.08. The number of hydrogen-bond acceptors (Lipinski definition) is 4. The zero-order valence-corrected chi connectivity index (χ0v) is 14.9. The zero-order chi connectivity index (χ0) is 21.0. The van der Waals surface area contributed by atoms with Crippen molar-refractivity contribution in [2.24, 2.45) is 0 Å². The maximum absolute atomic E-state index is 12.3. The van der Waals surface area contributed by atoms with Crippen LogP contribution in [-0.2, 0) is 9.59 Å². The summed E-state index contributed by atoms with van der Waals surface area (Å²) in [6.07, 6.45) is -4.84. The molecule has 0 fully saturated rings. The predicted octanol–water partition coefficient (Wildman–Crippen LogP) is 3.05. The molecule has 1 atom stereocenters. The molecule has 0 radical (unpaired) electrons. The van der Waals surface area contributed by atoms with Crippen molar-refractivity contribution in [3.05, 3.63) is 54.1 Å². The van der Waals surface area contributed by atoms with Gasteiger partial charge in [0, 0.05) is 12.1 Å². The number of alkyl halides is 3. The van der Waals surface area contributed by atoms with Crippen LogP contribution in [0.5, 0.6) is 5.75 Å². The van der Waals surface area contributed by atoms with Crippen molar-refractivity contribution in [3.8, 4) is 5.75 Å². The summed E-state index contributed by atoms with van der Waals surface area (Å²) >= 11 is 0. The van der Waals surface area contributed by atoms with Gasteiger partial charge in [-0.25, -0.2) is 0 Å². The van der Waals surface area contributed by atoms with Crippen molar-refractivity contribution in [3.63, 3.8) is 0 Å². The average Bonchev–Trinajstić information content (AvgIpc) is 2.77. The minimum absolute atomic E-state index is 0.0483. The fourth-order valence-electron chi connectivity index (χ4n) is 2.75. The van der Waals surface area contributed by atoms with E-state index in [1.165, 1.54) is 12.1 Å². The quantitative estimate of drug-likeness (QED) is 0.710. The summed E-state index contributed by atoms with van der Waals surface area (Å²) < 4.78 is 40.2. The highest BCUT2D eigenvalue weighted by atomic mass is 19.4. The van der Waals surface area contributed by atoms with Crippen molar-refractivity contribution in [2.45, 2.75) is 25.2 Å². The summed E-state index contributed by atoms with van der Waals surface area (Å²) in [6, 6.07) is 10.3. The topological polar surface area (TPSA) is 96.5 Å². The monoisotopic (exact) mass is 407 g/mol. The van der Waals surface area contributed by atoms with E-state index in [1.807, 2.05) is 0 Å². The number of rotatable bonds is 5. The molecule has 152 valence electrons. The van der Waals surface area contributed by atoms with Gasteiger partial charge in [0.05, 0.1) is 11.3 Å². The van der Waals surface area contributed by atoms with E-state index in [4.69, 9.17) is 0 Å². The van der Waals surface area contributed by atoms with Gasteiger partial charge in [-0.15, -0.1) is 13.2 Å². The number of halogens is 3. The maximum Gasteiger partial charge on any atom is 0.573 e. The first kappa shape index (κ1) is 20.2. The molecule has 1 aliphatic heterocycles. The summed E-state index contributed by atoms with van der Waals surface area (Å²) in [5.41, 5.74) is 0.989. The first-order valence-corrected chi connectivity index (χ1v) is 8.58. The Morgan fingerprint density at radius 3 is 2.45 bits per heavy atom. The molecule has 2 aromatic carbocycles. The summed E-state index contributed by atoms with van der Waals surface area (Å²) in [6.45, 7) is 0. The Kier molecular flexibility index (Phi) is 5.71. The molecule has 0 saturated carbocycles. The van der Waals surface area contributed by atoms with Crippen LogP contribution < -0.4 is 20.7 Å². The molecule has 0 saturated heterocycles. The fourth-order valence-corrected chi connectivity index (χ4v) is 2.75. The van der Waals surface area contributed by atoms with Crippen LogP contribution in [0.1, 0.15) is 23.2 Å². The lowest BCUT2D eigenvalue weighted by Gasteiger charge is -2.14. The molecule has 7 nitrogen and oxygen atoms in total. The van der Waals surface area contributed by atoms with Crippen molar-refractivity contribution in [2.75, 3.05) is 10.6 Å². The van der Waals surface area contributed by atoms with Crippen LogP contribution >= 0.6 is 0 Å². The average molecular weight is 407 g/mol. The number of anilines is 2. The molecule has 0 spiro atoms. The van der Waals surface area contributed by atoms with E-state index >= 15 is 0 Å². The van der Waals surface area contributed by atoms with Crippen LogP contribution in [0, 0.1) is 0 Å². The standard InChI is InChI=1S/C19H16F3N3O4/c20-19(21,22)29-12-7-5-11(6-8-12)23-16(26)10-9-15-18(28)24-14-4-2-1-3-13(14)17(27)25-15/h1-8,15H,9-10H2,(H,23,26)(H,24,28)(H,25,27)/t15-/m1/s1. The van der Waals surface area contributed by atoms with Gasteiger partial charge in [0.1, 0.15) is 11.8 Å². The SMILES string of the molecule is O=C(CC[C@H]1NC(=O)c2ccccc2NC1=O)Nc1ccc(OC(F)(F)F)cc1. The largest absolute Gasteiger partial charge is 0.573 e. The third-order valence-corrected chi connectivity index (χ3v) is 4.08. The Balaban J connectivity index is 1.54. The lowest BCUT2D eigenvalue weighted by molar-refractivity contribution is -0.274. The van der Waals surface area contributed by atoms with Gasteiger partial charge < -0.3 is 20.7 Å². The van der Waals surface area contributed by atoms with Crippen molar-refractivity contribution < 1.29 is 32.3 Å². The van der Waals surface area contributed by atoms with Crippen molar-refractivity contribution in [1.29, 1.82) is 0 Å².